The average molecular weight is 413 g/mol. The molecule has 3 rings (SSSR count). The molecular formula is C23H27NO6. The molecule has 2 aromatic rings. The van der Waals surface area contributed by atoms with Crippen LogP contribution in [0.2, 0.25) is 0 Å². The van der Waals surface area contributed by atoms with Gasteiger partial charge in [0.05, 0.1) is 47.2 Å². The molecule has 0 spiro atoms. The highest BCUT2D eigenvalue weighted by Crippen LogP contribution is 2.39. The number of esters is 1. The van der Waals surface area contributed by atoms with E-state index in [0.29, 0.717) is 36.1 Å². The summed E-state index contributed by atoms with van der Waals surface area (Å²) in [4.78, 5) is 17.0. The van der Waals surface area contributed by atoms with Crippen LogP contribution in [0.15, 0.2) is 35.3 Å². The second-order valence-corrected chi connectivity index (χ2v) is 6.79. The van der Waals surface area contributed by atoms with E-state index in [1.807, 2.05) is 30.3 Å². The van der Waals surface area contributed by atoms with E-state index in [0.717, 1.165) is 22.4 Å². The Hall–Kier alpha value is -3.22. The van der Waals surface area contributed by atoms with Crippen LogP contribution in [0.5, 0.6) is 23.0 Å². The number of carbonyl (C=O) groups is 1. The van der Waals surface area contributed by atoms with Crippen molar-refractivity contribution in [2.45, 2.75) is 19.3 Å². The van der Waals surface area contributed by atoms with Gasteiger partial charge in [0, 0.05) is 29.7 Å². The molecule has 0 radical (unpaired) electrons. The fourth-order valence-corrected chi connectivity index (χ4v) is 3.61. The van der Waals surface area contributed by atoms with Gasteiger partial charge in [-0.3, -0.25) is 9.79 Å². The van der Waals surface area contributed by atoms with Gasteiger partial charge in [0.15, 0.2) is 11.5 Å². The number of nitrogens with zero attached hydrogens (tertiary/aromatic N) is 1. The highest BCUT2D eigenvalue weighted by molar-refractivity contribution is 6.15. The minimum absolute atomic E-state index is 0.116. The van der Waals surface area contributed by atoms with Crippen molar-refractivity contribution in [2.75, 3.05) is 41.6 Å². The van der Waals surface area contributed by atoms with Crippen molar-refractivity contribution < 1.29 is 28.5 Å². The first-order valence-electron chi connectivity index (χ1n) is 9.74. The Balaban J connectivity index is 2.12. The van der Waals surface area contributed by atoms with Crippen molar-refractivity contribution in [1.29, 1.82) is 0 Å². The summed E-state index contributed by atoms with van der Waals surface area (Å²) in [5.41, 5.74) is 3.48. The summed E-state index contributed by atoms with van der Waals surface area (Å²) in [5, 5.41) is 0. The Morgan fingerprint density at radius 3 is 2.13 bits per heavy atom. The zero-order valence-electron chi connectivity index (χ0n) is 18.0. The summed E-state index contributed by atoms with van der Waals surface area (Å²) < 4.78 is 27.0. The van der Waals surface area contributed by atoms with Gasteiger partial charge in [-0.25, -0.2) is 0 Å². The van der Waals surface area contributed by atoms with Gasteiger partial charge in [-0.2, -0.15) is 0 Å². The maximum atomic E-state index is 12.2. The summed E-state index contributed by atoms with van der Waals surface area (Å²) in [6.45, 7) is 2.60. The molecule has 2 aromatic carbocycles. The van der Waals surface area contributed by atoms with Crippen LogP contribution in [-0.2, 0) is 9.53 Å². The molecule has 0 fully saturated rings. The molecule has 0 saturated heterocycles. The van der Waals surface area contributed by atoms with E-state index in [-0.39, 0.29) is 18.3 Å². The molecule has 0 aromatic heterocycles. The van der Waals surface area contributed by atoms with Gasteiger partial charge in [-0.15, -0.1) is 0 Å². The second-order valence-electron chi connectivity index (χ2n) is 6.79. The van der Waals surface area contributed by atoms with Crippen LogP contribution in [0, 0.1) is 0 Å². The van der Waals surface area contributed by atoms with Gasteiger partial charge in [0.2, 0.25) is 0 Å². The molecule has 1 unspecified atom stereocenters. The Morgan fingerprint density at radius 1 is 0.933 bits per heavy atom. The Labute approximate surface area is 176 Å². The maximum Gasteiger partial charge on any atom is 0.306 e. The number of ether oxygens (including phenoxy) is 5. The normalized spacial score (nSPS) is 15.0. The molecule has 0 aliphatic carbocycles. The van der Waals surface area contributed by atoms with Crippen LogP contribution in [0.25, 0.3) is 0 Å². The second kappa shape index (κ2) is 9.52. The van der Waals surface area contributed by atoms with E-state index in [1.54, 1.807) is 35.4 Å². The highest BCUT2D eigenvalue weighted by Gasteiger charge is 2.28. The van der Waals surface area contributed by atoms with E-state index in [2.05, 4.69) is 0 Å². The van der Waals surface area contributed by atoms with E-state index in [1.165, 1.54) is 0 Å². The number of carbonyl (C=O) groups excluding carboxylic acids is 1. The number of hydrogen-bond acceptors (Lipinski definition) is 7. The number of aliphatic imine (C=N–C) groups is 1. The topological polar surface area (TPSA) is 75.6 Å². The Morgan fingerprint density at radius 2 is 1.57 bits per heavy atom. The third-order valence-corrected chi connectivity index (χ3v) is 5.06. The third-order valence-electron chi connectivity index (χ3n) is 5.06. The lowest BCUT2D eigenvalue weighted by Gasteiger charge is -2.26. The summed E-state index contributed by atoms with van der Waals surface area (Å²) in [6.07, 6.45) is 0.245. The standard InChI is InChI=1S/C23H27NO6/c1-6-30-22(25)9-15-13-24-23(14-7-16(26-2)10-17(8-14)27-3)19-12-21(29-5)20(28-4)11-18(15)19/h7-8,10-12,15H,6,9,13H2,1-5H3. The van der Waals surface area contributed by atoms with E-state index in [9.17, 15) is 4.79 Å². The van der Waals surface area contributed by atoms with Crippen LogP contribution < -0.4 is 18.9 Å². The number of benzene rings is 2. The van der Waals surface area contributed by atoms with E-state index >= 15 is 0 Å². The molecule has 1 aliphatic rings. The van der Waals surface area contributed by atoms with Crippen LogP contribution >= 0.6 is 0 Å². The summed E-state index contributed by atoms with van der Waals surface area (Å²) in [5.74, 6) is 2.18. The predicted molar refractivity (Wildman–Crippen MR) is 114 cm³/mol. The molecule has 7 heteroatoms. The molecule has 160 valence electrons. The largest absolute Gasteiger partial charge is 0.497 e. The van der Waals surface area contributed by atoms with Crippen molar-refractivity contribution in [3.05, 3.63) is 47.0 Å². The zero-order chi connectivity index (χ0) is 21.7. The molecule has 0 saturated carbocycles. The molecule has 0 amide bonds. The smallest absolute Gasteiger partial charge is 0.306 e. The lowest BCUT2D eigenvalue weighted by Crippen LogP contribution is -2.22. The highest BCUT2D eigenvalue weighted by atomic mass is 16.5. The summed E-state index contributed by atoms with van der Waals surface area (Å²) in [7, 11) is 6.40. The number of rotatable bonds is 8. The lowest BCUT2D eigenvalue weighted by atomic mass is 9.84. The van der Waals surface area contributed by atoms with Gasteiger partial charge >= 0.3 is 5.97 Å². The van der Waals surface area contributed by atoms with Crippen molar-refractivity contribution in [3.8, 4) is 23.0 Å². The average Bonchev–Trinajstić information content (AvgIpc) is 2.77. The predicted octanol–water partition coefficient (Wildman–Crippen LogP) is 3.61. The zero-order valence-corrected chi connectivity index (χ0v) is 18.0. The van der Waals surface area contributed by atoms with Gasteiger partial charge in [-0.1, -0.05) is 0 Å². The van der Waals surface area contributed by atoms with Gasteiger partial charge in [0.25, 0.3) is 0 Å². The van der Waals surface area contributed by atoms with Crippen LogP contribution in [0.3, 0.4) is 0 Å². The molecular weight excluding hydrogens is 386 g/mol. The van der Waals surface area contributed by atoms with Crippen LogP contribution in [0.4, 0.5) is 0 Å². The molecule has 1 aliphatic heterocycles. The van der Waals surface area contributed by atoms with Crippen molar-refractivity contribution in [3.63, 3.8) is 0 Å². The molecule has 7 nitrogen and oxygen atoms in total. The third kappa shape index (κ3) is 4.35. The minimum atomic E-state index is -0.245. The maximum absolute atomic E-state index is 12.2. The minimum Gasteiger partial charge on any atom is -0.497 e. The van der Waals surface area contributed by atoms with Crippen molar-refractivity contribution in [2.24, 2.45) is 4.99 Å². The Bertz CT molecular complexity index is 931. The first-order valence-corrected chi connectivity index (χ1v) is 9.74. The molecule has 0 N–H and O–H groups in total. The van der Waals surface area contributed by atoms with Gasteiger partial charge in [-0.05, 0) is 36.8 Å². The van der Waals surface area contributed by atoms with Gasteiger partial charge in [0.1, 0.15) is 11.5 Å². The van der Waals surface area contributed by atoms with Gasteiger partial charge < -0.3 is 23.7 Å². The SMILES string of the molecule is CCOC(=O)CC1CN=C(c2cc(OC)cc(OC)c2)c2cc(OC)c(OC)cc21. The summed E-state index contributed by atoms with van der Waals surface area (Å²) >= 11 is 0. The fraction of sp³-hybridized carbons (Fsp3) is 0.391. The van der Waals surface area contributed by atoms with Crippen molar-refractivity contribution in [1.82, 2.24) is 0 Å². The summed E-state index contributed by atoms with van der Waals surface area (Å²) in [6, 6.07) is 9.45. The quantitative estimate of drug-likeness (QED) is 0.616. The monoisotopic (exact) mass is 413 g/mol. The molecule has 1 atom stereocenters. The molecule has 0 bridgehead atoms. The van der Waals surface area contributed by atoms with E-state index in [4.69, 9.17) is 28.7 Å². The number of hydrogen-bond donors (Lipinski definition) is 0. The van der Waals surface area contributed by atoms with Crippen molar-refractivity contribution >= 4 is 11.7 Å². The fourth-order valence-electron chi connectivity index (χ4n) is 3.61. The first kappa shape index (κ1) is 21.5. The van der Waals surface area contributed by atoms with Crippen LogP contribution in [0.1, 0.15) is 36.0 Å². The van der Waals surface area contributed by atoms with Crippen LogP contribution in [-0.4, -0.2) is 53.3 Å². The molecule has 30 heavy (non-hydrogen) atoms. The first-order chi connectivity index (χ1) is 14.5. The number of methoxy groups -OCH3 is 4. The Kier molecular flexibility index (Phi) is 6.82. The number of fused-ring (bicyclic) bond motifs is 1. The lowest BCUT2D eigenvalue weighted by molar-refractivity contribution is -0.143. The van der Waals surface area contributed by atoms with E-state index < -0.39 is 0 Å². The molecule has 1 heterocycles.